The Hall–Kier alpha value is -2.51. The maximum absolute atomic E-state index is 12.7. The van der Waals surface area contributed by atoms with E-state index in [9.17, 15) is 4.79 Å². The molecule has 4 rings (SSSR count). The number of hydrogen-bond donors (Lipinski definition) is 0. The number of pyridine rings is 1. The summed E-state index contributed by atoms with van der Waals surface area (Å²) >= 11 is 12.2. The number of hydrogen-bond acceptors (Lipinski definition) is 5. The molecule has 114 valence electrons. The minimum absolute atomic E-state index is 0.168. The van der Waals surface area contributed by atoms with Crippen LogP contribution in [0.4, 0.5) is 0 Å². The number of aromatic nitrogens is 6. The normalized spacial score (nSPS) is 11.4. The van der Waals surface area contributed by atoms with Crippen molar-refractivity contribution < 1.29 is 0 Å². The van der Waals surface area contributed by atoms with Gasteiger partial charge < -0.3 is 0 Å². The molecule has 3 heterocycles. The Morgan fingerprint density at radius 3 is 2.78 bits per heavy atom. The number of nitrogens with zero attached hydrogens (tertiary/aromatic N) is 6. The predicted molar refractivity (Wildman–Crippen MR) is 86.4 cm³/mol. The number of halogens is 2. The van der Waals surface area contributed by atoms with E-state index in [0.29, 0.717) is 32.9 Å². The second-order valence-corrected chi connectivity index (χ2v) is 5.65. The van der Waals surface area contributed by atoms with Gasteiger partial charge in [0.25, 0.3) is 11.3 Å². The molecule has 0 aliphatic carbocycles. The molecule has 23 heavy (non-hydrogen) atoms. The molecule has 4 aromatic rings. The first-order valence-electron chi connectivity index (χ1n) is 6.62. The summed E-state index contributed by atoms with van der Waals surface area (Å²) in [7, 11) is 0. The smallest absolute Gasteiger partial charge is 0.281 e. The highest BCUT2D eigenvalue weighted by Crippen LogP contribution is 2.27. The van der Waals surface area contributed by atoms with Gasteiger partial charge in [0, 0.05) is 6.20 Å². The van der Waals surface area contributed by atoms with Gasteiger partial charge in [-0.1, -0.05) is 29.3 Å². The standard InChI is InChI=1S/C14H8Cl2N6O/c1-7-17-14-19-18-12-10(22(14)20-7)5-6-21(13(12)23)9-4-2-3-8(15)11(9)16/h2-6H,1H3. The first-order valence-corrected chi connectivity index (χ1v) is 7.37. The van der Waals surface area contributed by atoms with Gasteiger partial charge in [0.1, 0.15) is 11.3 Å². The lowest BCUT2D eigenvalue weighted by Gasteiger charge is -2.09. The van der Waals surface area contributed by atoms with E-state index in [1.807, 2.05) is 0 Å². The Morgan fingerprint density at radius 1 is 1.13 bits per heavy atom. The number of aryl methyl sites for hydroxylation is 1. The van der Waals surface area contributed by atoms with Crippen LogP contribution in [-0.4, -0.2) is 29.4 Å². The lowest BCUT2D eigenvalue weighted by atomic mass is 10.3. The summed E-state index contributed by atoms with van der Waals surface area (Å²) in [6.07, 6.45) is 1.60. The van der Waals surface area contributed by atoms with Crippen LogP contribution in [0, 0.1) is 6.92 Å². The Bertz CT molecular complexity index is 1130. The summed E-state index contributed by atoms with van der Waals surface area (Å²) in [6.45, 7) is 1.74. The zero-order valence-electron chi connectivity index (χ0n) is 11.7. The summed E-state index contributed by atoms with van der Waals surface area (Å²) < 4.78 is 2.86. The van der Waals surface area contributed by atoms with Crippen molar-refractivity contribution in [2.45, 2.75) is 6.92 Å². The number of benzene rings is 1. The summed E-state index contributed by atoms with van der Waals surface area (Å²) in [5.74, 6) is 0.891. The number of fused-ring (bicyclic) bond motifs is 3. The van der Waals surface area contributed by atoms with Crippen molar-refractivity contribution in [3.05, 3.63) is 56.7 Å². The van der Waals surface area contributed by atoms with Gasteiger partial charge in [-0.25, -0.2) is 0 Å². The molecule has 0 unspecified atom stereocenters. The van der Waals surface area contributed by atoms with Gasteiger partial charge in [0.2, 0.25) is 0 Å². The highest BCUT2D eigenvalue weighted by atomic mass is 35.5. The summed E-state index contributed by atoms with van der Waals surface area (Å²) in [5.41, 5.74) is 0.799. The van der Waals surface area contributed by atoms with E-state index in [0.717, 1.165) is 0 Å². The third-order valence-electron chi connectivity index (χ3n) is 3.40. The average Bonchev–Trinajstić information content (AvgIpc) is 2.91. The van der Waals surface area contributed by atoms with Gasteiger partial charge in [-0.2, -0.15) is 9.50 Å². The first kappa shape index (κ1) is 14.1. The SMILES string of the molecule is Cc1nc2nnc3c(=O)n(-c4cccc(Cl)c4Cl)ccc3n2n1. The third-order valence-corrected chi connectivity index (χ3v) is 4.21. The molecule has 0 bridgehead atoms. The van der Waals surface area contributed by atoms with Crippen LogP contribution in [0.1, 0.15) is 5.82 Å². The van der Waals surface area contributed by atoms with E-state index in [2.05, 4.69) is 20.3 Å². The van der Waals surface area contributed by atoms with Crippen molar-refractivity contribution >= 4 is 40.0 Å². The lowest BCUT2D eigenvalue weighted by molar-refractivity contribution is 0.905. The van der Waals surface area contributed by atoms with Crippen LogP contribution in [0.3, 0.4) is 0 Å². The van der Waals surface area contributed by atoms with Crippen molar-refractivity contribution in [2.75, 3.05) is 0 Å². The van der Waals surface area contributed by atoms with Gasteiger partial charge in [-0.3, -0.25) is 9.36 Å². The zero-order valence-corrected chi connectivity index (χ0v) is 13.2. The molecule has 1 aromatic carbocycles. The van der Waals surface area contributed by atoms with Gasteiger partial charge in [-0.05, 0) is 25.1 Å². The minimum Gasteiger partial charge on any atom is -0.281 e. The van der Waals surface area contributed by atoms with Gasteiger partial charge >= 0.3 is 0 Å². The highest BCUT2D eigenvalue weighted by Gasteiger charge is 2.14. The Balaban J connectivity index is 2.07. The molecule has 0 fully saturated rings. The highest BCUT2D eigenvalue weighted by molar-refractivity contribution is 6.43. The summed E-state index contributed by atoms with van der Waals surface area (Å²) in [4.78, 5) is 16.9. The van der Waals surface area contributed by atoms with Crippen LogP contribution >= 0.6 is 23.2 Å². The molecule has 0 saturated carbocycles. The fourth-order valence-electron chi connectivity index (χ4n) is 2.37. The van der Waals surface area contributed by atoms with Crippen molar-refractivity contribution in [3.8, 4) is 5.69 Å². The molecule has 0 N–H and O–H groups in total. The van der Waals surface area contributed by atoms with Crippen molar-refractivity contribution in [2.24, 2.45) is 0 Å². The Kier molecular flexibility index (Phi) is 3.07. The van der Waals surface area contributed by atoms with Crippen molar-refractivity contribution in [1.82, 2.24) is 29.4 Å². The van der Waals surface area contributed by atoms with Gasteiger partial charge in [0.15, 0.2) is 5.52 Å². The van der Waals surface area contributed by atoms with E-state index in [1.165, 1.54) is 9.08 Å². The van der Waals surface area contributed by atoms with Crippen molar-refractivity contribution in [1.29, 1.82) is 0 Å². The van der Waals surface area contributed by atoms with E-state index in [1.54, 1.807) is 37.4 Å². The molecule has 7 nitrogen and oxygen atoms in total. The molecule has 0 amide bonds. The van der Waals surface area contributed by atoms with E-state index in [-0.39, 0.29) is 11.1 Å². The Labute approximate surface area is 139 Å². The molecule has 0 atom stereocenters. The monoisotopic (exact) mass is 346 g/mol. The van der Waals surface area contributed by atoms with Crippen LogP contribution < -0.4 is 5.56 Å². The second-order valence-electron chi connectivity index (χ2n) is 4.87. The zero-order chi connectivity index (χ0) is 16.1. The topological polar surface area (TPSA) is 78.0 Å². The van der Waals surface area contributed by atoms with Crippen LogP contribution in [0.15, 0.2) is 35.3 Å². The summed E-state index contributed by atoms with van der Waals surface area (Å²) in [6, 6.07) is 6.79. The molecule has 0 aliphatic heterocycles. The number of rotatable bonds is 1. The molecule has 0 spiro atoms. The van der Waals surface area contributed by atoms with Crippen LogP contribution in [0.25, 0.3) is 22.5 Å². The molecule has 0 aliphatic rings. The molecule has 9 heteroatoms. The van der Waals surface area contributed by atoms with Crippen LogP contribution in [0.5, 0.6) is 0 Å². The second kappa shape index (κ2) is 5.00. The van der Waals surface area contributed by atoms with Crippen molar-refractivity contribution in [3.63, 3.8) is 0 Å². The lowest BCUT2D eigenvalue weighted by Crippen LogP contribution is -2.20. The van der Waals surface area contributed by atoms with Gasteiger partial charge in [0.05, 0.1) is 15.7 Å². The molecular formula is C14H8Cl2N6O. The van der Waals surface area contributed by atoms with Crippen LogP contribution in [0.2, 0.25) is 10.0 Å². The minimum atomic E-state index is -0.366. The molecular weight excluding hydrogens is 339 g/mol. The fourth-order valence-corrected chi connectivity index (χ4v) is 2.76. The quantitative estimate of drug-likeness (QED) is 0.529. The van der Waals surface area contributed by atoms with E-state index in [4.69, 9.17) is 23.2 Å². The molecule has 0 saturated heterocycles. The maximum atomic E-state index is 12.7. The van der Waals surface area contributed by atoms with E-state index >= 15 is 0 Å². The first-order chi connectivity index (χ1) is 11.1. The summed E-state index contributed by atoms with van der Waals surface area (Å²) in [5, 5.41) is 12.8. The third kappa shape index (κ3) is 2.08. The largest absolute Gasteiger partial charge is 0.285 e. The van der Waals surface area contributed by atoms with Gasteiger partial charge in [-0.15, -0.1) is 15.3 Å². The van der Waals surface area contributed by atoms with Crippen LogP contribution in [-0.2, 0) is 0 Å². The molecule has 0 radical (unpaired) electrons. The fraction of sp³-hybridized carbons (Fsp3) is 0.0714. The van der Waals surface area contributed by atoms with E-state index < -0.39 is 0 Å². The Morgan fingerprint density at radius 2 is 1.96 bits per heavy atom. The average molecular weight is 347 g/mol. The maximum Gasteiger partial charge on any atom is 0.285 e. The molecule has 3 aromatic heterocycles. The predicted octanol–water partition coefficient (Wildman–Crippen LogP) is 2.44.